The minimum Gasteiger partial charge on any atom is -0.482 e. The maximum absolute atomic E-state index is 14.1. The van der Waals surface area contributed by atoms with Gasteiger partial charge in [0.05, 0.1) is 30.5 Å². The normalized spacial score (nSPS) is 14.0. The minimum absolute atomic E-state index is 0.0694. The molecule has 48 heavy (non-hydrogen) atoms. The van der Waals surface area contributed by atoms with Crippen LogP contribution < -0.4 is 20.7 Å². The highest BCUT2D eigenvalue weighted by molar-refractivity contribution is 14.1. The third-order valence-corrected chi connectivity index (χ3v) is 9.26. The third kappa shape index (κ3) is 11.6. The number of nitrogens with zero attached hydrogens (tertiary/aromatic N) is 1. The monoisotopic (exact) mass is 794 g/mol. The lowest BCUT2D eigenvalue weighted by Crippen LogP contribution is -2.60. The molecular weight excluding hydrogens is 755 g/mol. The van der Waals surface area contributed by atoms with Crippen LogP contribution in [-0.4, -0.2) is 96.7 Å². The fraction of sp³-hybridized carbons (Fsp3) is 0.394. The Morgan fingerprint density at radius 2 is 1.42 bits per heavy atom. The number of hydrogen-bond donors (Lipinski definition) is 3. The highest BCUT2D eigenvalue weighted by atomic mass is 127. The number of aromatic nitrogens is 1. The quantitative estimate of drug-likeness (QED) is 0.0931. The molecule has 3 N–H and O–H groups in total. The zero-order valence-electron chi connectivity index (χ0n) is 27.0. The first-order valence-corrected chi connectivity index (χ1v) is 17.2. The van der Waals surface area contributed by atoms with E-state index in [1.165, 1.54) is 27.3 Å². The summed E-state index contributed by atoms with van der Waals surface area (Å²) in [7, 11) is 2.72. The van der Waals surface area contributed by atoms with Crippen LogP contribution >= 0.6 is 33.9 Å². The molecule has 13 nitrogen and oxygen atoms in total. The van der Waals surface area contributed by atoms with Gasteiger partial charge in [-0.25, -0.2) is 9.78 Å². The molecule has 0 aliphatic heterocycles. The summed E-state index contributed by atoms with van der Waals surface area (Å²) in [5.74, 6) is -2.83. The second-order valence-corrected chi connectivity index (χ2v) is 12.8. The first kappa shape index (κ1) is 38.5. The fourth-order valence-corrected chi connectivity index (χ4v) is 5.66. The molecule has 0 bridgehead atoms. The number of methoxy groups -OCH3 is 2. The van der Waals surface area contributed by atoms with Crippen LogP contribution in [-0.2, 0) is 39.8 Å². The second kappa shape index (κ2) is 19.2. The predicted molar refractivity (Wildman–Crippen MR) is 186 cm³/mol. The lowest BCUT2D eigenvalue weighted by atomic mass is 9.92. The maximum Gasteiger partial charge on any atom is 0.345 e. The number of esters is 1. The van der Waals surface area contributed by atoms with Gasteiger partial charge < -0.3 is 34.9 Å². The van der Waals surface area contributed by atoms with Gasteiger partial charge in [0.2, 0.25) is 11.8 Å². The van der Waals surface area contributed by atoms with E-state index in [0.29, 0.717) is 15.6 Å². The largest absolute Gasteiger partial charge is 0.482 e. The van der Waals surface area contributed by atoms with Crippen LogP contribution in [0.3, 0.4) is 0 Å². The molecule has 4 atom stereocenters. The van der Waals surface area contributed by atoms with Crippen LogP contribution in [0.5, 0.6) is 5.75 Å². The molecule has 3 aromatic rings. The van der Waals surface area contributed by atoms with E-state index in [1.807, 2.05) is 34.7 Å². The van der Waals surface area contributed by atoms with Gasteiger partial charge in [-0.05, 0) is 38.0 Å². The molecule has 0 saturated carbocycles. The number of amides is 3. The maximum atomic E-state index is 14.1. The molecule has 0 spiro atoms. The van der Waals surface area contributed by atoms with Gasteiger partial charge in [0.15, 0.2) is 18.0 Å². The van der Waals surface area contributed by atoms with Crippen LogP contribution in [0, 0.1) is 6.92 Å². The Kier molecular flexibility index (Phi) is 15.4. The number of nitrogens with one attached hydrogen (secondary N) is 3. The average Bonchev–Trinajstić information content (AvgIpc) is 3.53. The number of hydrogen-bond acceptors (Lipinski definition) is 11. The number of alkyl halides is 1. The number of Topliss-reactive ketones (excluding diaryl/α,β-unsaturated/α-hetero) is 1. The number of thiazole rings is 1. The van der Waals surface area contributed by atoms with Gasteiger partial charge in [0.25, 0.3) is 5.91 Å². The van der Waals surface area contributed by atoms with Gasteiger partial charge in [0.1, 0.15) is 22.7 Å². The van der Waals surface area contributed by atoms with Crippen LogP contribution in [0.2, 0.25) is 0 Å². The van der Waals surface area contributed by atoms with Gasteiger partial charge >= 0.3 is 5.97 Å². The van der Waals surface area contributed by atoms with Gasteiger partial charge in [-0.2, -0.15) is 0 Å². The van der Waals surface area contributed by atoms with Crippen molar-refractivity contribution < 1.29 is 42.9 Å². The Labute approximate surface area is 296 Å². The summed E-state index contributed by atoms with van der Waals surface area (Å²) in [5, 5.41) is 8.60. The van der Waals surface area contributed by atoms with E-state index in [-0.39, 0.29) is 24.1 Å². The Morgan fingerprint density at radius 3 is 1.96 bits per heavy atom. The fourth-order valence-electron chi connectivity index (χ4n) is 4.45. The summed E-state index contributed by atoms with van der Waals surface area (Å²) in [6, 6.07) is 14.1. The van der Waals surface area contributed by atoms with E-state index in [9.17, 15) is 24.0 Å². The molecule has 4 unspecified atom stereocenters. The van der Waals surface area contributed by atoms with E-state index in [4.69, 9.17) is 18.9 Å². The molecule has 1 aromatic heterocycles. The SMILES string of the molecule is COCC(NC(=O)c1cnc(C)s1)C(=O)NC(COC)C(=O)NC(Cc1ccccc1)C(=O)C(C)(CI)OC(=O)COc1ccccc1. The van der Waals surface area contributed by atoms with Crippen molar-refractivity contribution in [3.63, 3.8) is 0 Å². The van der Waals surface area contributed by atoms with Gasteiger partial charge in [0, 0.05) is 18.6 Å². The Morgan fingerprint density at radius 1 is 0.854 bits per heavy atom. The zero-order chi connectivity index (χ0) is 35.1. The predicted octanol–water partition coefficient (Wildman–Crippen LogP) is 2.44. The number of ether oxygens (including phenoxy) is 4. The smallest absolute Gasteiger partial charge is 0.345 e. The summed E-state index contributed by atoms with van der Waals surface area (Å²) in [4.78, 5) is 71.0. The van der Waals surface area contributed by atoms with E-state index >= 15 is 0 Å². The molecule has 3 rings (SSSR count). The Hall–Kier alpha value is -3.93. The number of benzene rings is 2. The van der Waals surface area contributed by atoms with Crippen molar-refractivity contribution >= 4 is 63.4 Å². The molecule has 2 aromatic carbocycles. The molecule has 258 valence electrons. The molecule has 0 fully saturated rings. The van der Waals surface area contributed by atoms with Crippen LogP contribution in [0.15, 0.2) is 66.9 Å². The van der Waals surface area contributed by atoms with Gasteiger partial charge in [-0.15, -0.1) is 11.3 Å². The Bertz CT molecular complexity index is 1530. The van der Waals surface area contributed by atoms with Crippen molar-refractivity contribution in [3.05, 3.63) is 82.3 Å². The van der Waals surface area contributed by atoms with E-state index < -0.39 is 59.8 Å². The molecule has 0 radical (unpaired) electrons. The third-order valence-electron chi connectivity index (χ3n) is 6.90. The summed E-state index contributed by atoms with van der Waals surface area (Å²) in [6.45, 7) is 2.37. The first-order valence-electron chi connectivity index (χ1n) is 14.9. The summed E-state index contributed by atoms with van der Waals surface area (Å²) >= 11 is 3.11. The van der Waals surface area contributed by atoms with Crippen molar-refractivity contribution in [3.8, 4) is 5.75 Å². The Balaban J connectivity index is 1.77. The number of rotatable bonds is 19. The van der Waals surface area contributed by atoms with Crippen LogP contribution in [0.4, 0.5) is 0 Å². The molecular formula is C33H39IN4O9S. The molecule has 1 heterocycles. The molecule has 0 aliphatic carbocycles. The zero-order valence-corrected chi connectivity index (χ0v) is 30.0. The number of ketones is 1. The summed E-state index contributed by atoms with van der Waals surface area (Å²) in [5.41, 5.74) is -0.896. The average molecular weight is 795 g/mol. The summed E-state index contributed by atoms with van der Waals surface area (Å²) < 4.78 is 21.6. The van der Waals surface area contributed by atoms with Crippen LogP contribution in [0.1, 0.15) is 27.2 Å². The summed E-state index contributed by atoms with van der Waals surface area (Å²) in [6.07, 6.45) is 1.47. The second-order valence-electron chi connectivity index (χ2n) is 10.8. The standard InChI is InChI=1S/C33H39IN4O9S/c1-21-35-16-27(48-21)32(43)38-26(18-45-4)31(42)37-25(17-44-3)30(41)36-24(15-22-11-7-5-8-12-22)29(40)33(2,20-34)47-28(39)19-46-23-13-9-6-10-14-23/h5-14,16,24-26H,15,17-20H2,1-4H3,(H,36,41)(H,37,42)(H,38,43). The molecule has 0 aliphatic rings. The molecule has 15 heteroatoms. The van der Waals surface area contributed by atoms with Crippen LogP contribution in [0.25, 0.3) is 0 Å². The number of aryl methyl sites for hydroxylation is 1. The van der Waals surface area contributed by atoms with E-state index in [0.717, 1.165) is 16.9 Å². The minimum atomic E-state index is -1.63. The number of para-hydroxylation sites is 1. The van der Waals surface area contributed by atoms with Crippen molar-refractivity contribution in [1.29, 1.82) is 0 Å². The highest BCUT2D eigenvalue weighted by Crippen LogP contribution is 2.21. The van der Waals surface area contributed by atoms with E-state index in [2.05, 4.69) is 20.9 Å². The molecule has 0 saturated heterocycles. The van der Waals surface area contributed by atoms with Gasteiger partial charge in [-0.3, -0.25) is 19.2 Å². The van der Waals surface area contributed by atoms with Gasteiger partial charge in [-0.1, -0.05) is 71.1 Å². The van der Waals surface area contributed by atoms with Crippen molar-refractivity contribution in [2.24, 2.45) is 0 Å². The lowest BCUT2D eigenvalue weighted by Gasteiger charge is -2.31. The topological polar surface area (TPSA) is 171 Å². The van der Waals surface area contributed by atoms with Crippen molar-refractivity contribution in [1.82, 2.24) is 20.9 Å². The molecule has 3 amide bonds. The highest BCUT2D eigenvalue weighted by Gasteiger charge is 2.42. The number of carbonyl (C=O) groups excluding carboxylic acids is 5. The van der Waals surface area contributed by atoms with E-state index in [1.54, 1.807) is 55.5 Å². The number of halogens is 1. The first-order chi connectivity index (χ1) is 23.0. The van der Waals surface area contributed by atoms with Crippen molar-refractivity contribution in [2.75, 3.05) is 38.5 Å². The lowest BCUT2D eigenvalue weighted by molar-refractivity contribution is -0.166. The number of carbonyl (C=O) groups is 5. The van der Waals surface area contributed by atoms with Crippen molar-refractivity contribution in [2.45, 2.75) is 44.0 Å².